The maximum atomic E-state index is 12.9. The first-order chi connectivity index (χ1) is 12.9. The number of amides is 2. The molecule has 0 spiro atoms. The summed E-state index contributed by atoms with van der Waals surface area (Å²) >= 11 is 7.30. The summed E-state index contributed by atoms with van der Waals surface area (Å²) in [6.07, 6.45) is 3.01. The molecule has 0 bridgehead atoms. The van der Waals surface area contributed by atoms with Gasteiger partial charge in [0, 0.05) is 28.4 Å². The molecule has 1 aliphatic rings. The van der Waals surface area contributed by atoms with E-state index in [0.717, 1.165) is 29.7 Å². The fraction of sp³-hybridized carbons (Fsp3) is 0.316. The molecule has 142 valence electrons. The molecule has 0 aliphatic heterocycles. The van der Waals surface area contributed by atoms with Gasteiger partial charge in [0.15, 0.2) is 0 Å². The predicted molar refractivity (Wildman–Crippen MR) is 106 cm³/mol. The summed E-state index contributed by atoms with van der Waals surface area (Å²) in [6, 6.07) is 6.83. The monoisotopic (exact) mass is 406 g/mol. The van der Waals surface area contributed by atoms with Crippen molar-refractivity contribution in [3.8, 4) is 0 Å². The van der Waals surface area contributed by atoms with Gasteiger partial charge in [-0.05, 0) is 55.5 Å². The fourth-order valence-corrected chi connectivity index (χ4v) is 4.48. The predicted octanol–water partition coefficient (Wildman–Crippen LogP) is 4.34. The Balaban J connectivity index is 1.75. The molecular formula is C19H19ClN2O4S. The molecule has 0 unspecified atom stereocenters. The number of hydrogen-bond acceptors (Lipinski definition) is 4. The number of carboxylic acids is 1. The largest absolute Gasteiger partial charge is 0.481 e. The maximum Gasteiger partial charge on any atom is 0.303 e. The number of carboxylic acid groups (broad SMARTS) is 1. The van der Waals surface area contributed by atoms with E-state index < -0.39 is 5.97 Å². The number of halogens is 1. The number of aryl methyl sites for hydroxylation is 1. The third-order valence-electron chi connectivity index (χ3n) is 4.30. The van der Waals surface area contributed by atoms with Crippen molar-refractivity contribution >= 4 is 51.4 Å². The van der Waals surface area contributed by atoms with Crippen LogP contribution in [0.4, 0.5) is 10.7 Å². The molecule has 0 saturated carbocycles. The number of benzene rings is 1. The average molecular weight is 407 g/mol. The first-order valence-electron chi connectivity index (χ1n) is 8.67. The Bertz CT molecular complexity index is 877. The second-order valence-corrected chi connectivity index (χ2v) is 7.86. The van der Waals surface area contributed by atoms with Crippen molar-refractivity contribution in [1.29, 1.82) is 0 Å². The molecule has 2 aromatic rings. The Morgan fingerprint density at radius 3 is 2.52 bits per heavy atom. The second-order valence-electron chi connectivity index (χ2n) is 6.32. The number of thiophene rings is 1. The van der Waals surface area contributed by atoms with Gasteiger partial charge < -0.3 is 15.7 Å². The summed E-state index contributed by atoms with van der Waals surface area (Å²) in [7, 11) is 0. The zero-order valence-electron chi connectivity index (χ0n) is 14.5. The molecule has 3 rings (SSSR count). The molecular weight excluding hydrogens is 388 g/mol. The molecule has 0 fully saturated rings. The number of carbonyl (C=O) groups is 3. The van der Waals surface area contributed by atoms with Gasteiger partial charge in [-0.1, -0.05) is 11.6 Å². The smallest absolute Gasteiger partial charge is 0.303 e. The molecule has 8 heteroatoms. The van der Waals surface area contributed by atoms with Gasteiger partial charge in [0.05, 0.1) is 5.56 Å². The molecule has 1 aromatic heterocycles. The van der Waals surface area contributed by atoms with Crippen molar-refractivity contribution in [2.75, 3.05) is 10.6 Å². The first kappa shape index (κ1) is 19.4. The molecule has 1 aromatic carbocycles. The number of carbonyl (C=O) groups excluding carboxylic acids is 2. The van der Waals surface area contributed by atoms with E-state index in [4.69, 9.17) is 16.7 Å². The summed E-state index contributed by atoms with van der Waals surface area (Å²) in [5.74, 6) is -1.48. The number of fused-ring (bicyclic) bond motifs is 1. The van der Waals surface area contributed by atoms with E-state index in [2.05, 4.69) is 10.6 Å². The topological polar surface area (TPSA) is 95.5 Å². The van der Waals surface area contributed by atoms with Gasteiger partial charge >= 0.3 is 5.97 Å². The second kappa shape index (κ2) is 8.54. The number of aliphatic carboxylic acids is 1. The lowest BCUT2D eigenvalue weighted by molar-refractivity contribution is -0.137. The van der Waals surface area contributed by atoms with Gasteiger partial charge in [0.25, 0.3) is 5.91 Å². The zero-order chi connectivity index (χ0) is 19.4. The normalized spacial score (nSPS) is 12.5. The van der Waals surface area contributed by atoms with Crippen molar-refractivity contribution in [2.45, 2.75) is 38.5 Å². The standard InChI is InChI=1S/C19H19ClN2O4S/c20-11-7-9-12(10-8-11)21-18(26)17-13-3-1-4-14(13)27-19(17)22-15(23)5-2-6-16(24)25/h7-10H,1-6H2,(H,21,26)(H,22,23)(H,24,25). The van der Waals surface area contributed by atoms with Crippen molar-refractivity contribution in [3.63, 3.8) is 0 Å². The van der Waals surface area contributed by atoms with E-state index in [1.807, 2.05) is 0 Å². The summed E-state index contributed by atoms with van der Waals surface area (Å²) in [5, 5.41) is 15.4. The summed E-state index contributed by atoms with van der Waals surface area (Å²) in [5.41, 5.74) is 2.13. The minimum atomic E-state index is -0.930. The SMILES string of the molecule is O=C(O)CCCC(=O)Nc1sc2c(c1C(=O)Nc1ccc(Cl)cc1)CCC2. The summed E-state index contributed by atoms with van der Waals surface area (Å²) in [4.78, 5) is 36.7. The van der Waals surface area contributed by atoms with Crippen LogP contribution in [0.15, 0.2) is 24.3 Å². The van der Waals surface area contributed by atoms with Crippen LogP contribution < -0.4 is 10.6 Å². The lowest BCUT2D eigenvalue weighted by atomic mass is 10.1. The molecule has 0 atom stereocenters. The molecule has 0 radical (unpaired) electrons. The van der Waals surface area contributed by atoms with Crippen molar-refractivity contribution < 1.29 is 19.5 Å². The number of rotatable bonds is 7. The van der Waals surface area contributed by atoms with Gasteiger partial charge in [-0.2, -0.15) is 0 Å². The van der Waals surface area contributed by atoms with E-state index in [9.17, 15) is 14.4 Å². The minimum Gasteiger partial charge on any atom is -0.481 e. The Labute approximate surface area is 165 Å². The highest BCUT2D eigenvalue weighted by atomic mass is 35.5. The molecule has 1 heterocycles. The van der Waals surface area contributed by atoms with E-state index in [-0.39, 0.29) is 31.1 Å². The van der Waals surface area contributed by atoms with Gasteiger partial charge in [-0.25, -0.2) is 0 Å². The quantitative estimate of drug-likeness (QED) is 0.637. The highest BCUT2D eigenvalue weighted by Gasteiger charge is 2.27. The van der Waals surface area contributed by atoms with Crippen molar-refractivity contribution in [3.05, 3.63) is 45.3 Å². The van der Waals surface area contributed by atoms with Crippen LogP contribution in [0.25, 0.3) is 0 Å². The van der Waals surface area contributed by atoms with Crippen molar-refractivity contribution in [2.24, 2.45) is 0 Å². The Kier molecular flexibility index (Phi) is 6.13. The average Bonchev–Trinajstić information content (AvgIpc) is 3.17. The molecule has 0 saturated heterocycles. The van der Waals surface area contributed by atoms with Gasteiger partial charge in [0.1, 0.15) is 5.00 Å². The third-order valence-corrected chi connectivity index (χ3v) is 5.76. The fourth-order valence-electron chi connectivity index (χ4n) is 3.05. The Morgan fingerprint density at radius 1 is 1.07 bits per heavy atom. The van der Waals surface area contributed by atoms with Gasteiger partial charge in [0.2, 0.25) is 5.91 Å². The van der Waals surface area contributed by atoms with Crippen LogP contribution in [0.5, 0.6) is 0 Å². The van der Waals surface area contributed by atoms with Crippen LogP contribution in [-0.2, 0) is 22.4 Å². The van der Waals surface area contributed by atoms with E-state index in [1.54, 1.807) is 24.3 Å². The van der Waals surface area contributed by atoms with Crippen LogP contribution >= 0.6 is 22.9 Å². The Morgan fingerprint density at radius 2 is 1.81 bits per heavy atom. The molecule has 2 amide bonds. The number of anilines is 2. The van der Waals surface area contributed by atoms with Crippen molar-refractivity contribution in [1.82, 2.24) is 0 Å². The maximum absolute atomic E-state index is 12.9. The summed E-state index contributed by atoms with van der Waals surface area (Å²) in [6.45, 7) is 0. The van der Waals surface area contributed by atoms with E-state index in [0.29, 0.717) is 21.3 Å². The molecule has 1 aliphatic carbocycles. The van der Waals surface area contributed by atoms with Gasteiger partial charge in [-0.15, -0.1) is 11.3 Å². The highest BCUT2D eigenvalue weighted by molar-refractivity contribution is 7.17. The van der Waals surface area contributed by atoms with E-state index in [1.165, 1.54) is 11.3 Å². The number of nitrogens with one attached hydrogen (secondary N) is 2. The lowest BCUT2D eigenvalue weighted by Gasteiger charge is -2.09. The zero-order valence-corrected chi connectivity index (χ0v) is 16.1. The van der Waals surface area contributed by atoms with Crippen LogP contribution in [0.1, 0.15) is 46.5 Å². The minimum absolute atomic E-state index is 0.0573. The third kappa shape index (κ3) is 4.87. The highest BCUT2D eigenvalue weighted by Crippen LogP contribution is 2.39. The molecule has 3 N–H and O–H groups in total. The van der Waals surface area contributed by atoms with Crippen LogP contribution in [0, 0.1) is 0 Å². The van der Waals surface area contributed by atoms with Crippen LogP contribution in [0.2, 0.25) is 5.02 Å². The number of hydrogen-bond donors (Lipinski definition) is 3. The molecule has 6 nitrogen and oxygen atoms in total. The van der Waals surface area contributed by atoms with Crippen LogP contribution in [0.3, 0.4) is 0 Å². The van der Waals surface area contributed by atoms with Crippen LogP contribution in [-0.4, -0.2) is 22.9 Å². The molecule has 27 heavy (non-hydrogen) atoms. The van der Waals surface area contributed by atoms with E-state index >= 15 is 0 Å². The van der Waals surface area contributed by atoms with Gasteiger partial charge in [-0.3, -0.25) is 14.4 Å². The summed E-state index contributed by atoms with van der Waals surface area (Å²) < 4.78 is 0. The lowest BCUT2D eigenvalue weighted by Crippen LogP contribution is -2.18. The Hall–Kier alpha value is -2.38. The first-order valence-corrected chi connectivity index (χ1v) is 9.86.